The van der Waals surface area contributed by atoms with Gasteiger partial charge in [0.15, 0.2) is 0 Å². The van der Waals surface area contributed by atoms with Gasteiger partial charge in [0.05, 0.1) is 0 Å². The van der Waals surface area contributed by atoms with Crippen molar-refractivity contribution in [3.63, 3.8) is 0 Å². The minimum Gasteiger partial charge on any atom is -0.481 e. The quantitative estimate of drug-likeness (QED) is 0.223. The molecule has 0 radical (unpaired) electrons. The third-order valence-electron chi connectivity index (χ3n) is 3.14. The van der Waals surface area contributed by atoms with E-state index in [-0.39, 0.29) is 6.42 Å². The molecule has 0 aliphatic carbocycles. The van der Waals surface area contributed by atoms with Crippen LogP contribution in [0.5, 0.6) is 0 Å². The van der Waals surface area contributed by atoms with Crippen LogP contribution in [0.2, 0.25) is 0 Å². The number of hydrogen-bond acceptors (Lipinski definition) is 1. The zero-order chi connectivity index (χ0) is 17.7. The molecule has 0 saturated heterocycles. The number of carboxylic acid groups (broad SMARTS) is 1. The number of carboxylic acids is 1. The van der Waals surface area contributed by atoms with E-state index in [9.17, 15) is 4.79 Å². The Bertz CT molecular complexity index is 462. The van der Waals surface area contributed by atoms with Gasteiger partial charge in [0.2, 0.25) is 0 Å². The third-order valence-corrected chi connectivity index (χ3v) is 3.14. The maximum atomic E-state index is 10.3. The summed E-state index contributed by atoms with van der Waals surface area (Å²) in [7, 11) is 0. The molecule has 0 aliphatic rings. The number of aliphatic carboxylic acids is 1. The molecule has 0 aromatic rings. The van der Waals surface area contributed by atoms with Gasteiger partial charge in [-0.05, 0) is 44.9 Å². The van der Waals surface area contributed by atoms with E-state index in [2.05, 4.69) is 79.8 Å². The summed E-state index contributed by atoms with van der Waals surface area (Å²) >= 11 is 0. The second-order valence-corrected chi connectivity index (χ2v) is 5.38. The van der Waals surface area contributed by atoms with Crippen molar-refractivity contribution in [2.24, 2.45) is 0 Å². The molecule has 0 spiro atoms. The Labute approximate surface area is 147 Å². The van der Waals surface area contributed by atoms with Crippen LogP contribution in [0.25, 0.3) is 0 Å². The molecule has 24 heavy (non-hydrogen) atoms. The minimum atomic E-state index is -0.717. The van der Waals surface area contributed by atoms with Gasteiger partial charge in [0.1, 0.15) is 0 Å². The lowest BCUT2D eigenvalue weighted by atomic mass is 10.2. The van der Waals surface area contributed by atoms with Crippen LogP contribution < -0.4 is 0 Å². The average molecular weight is 328 g/mol. The van der Waals surface area contributed by atoms with Crippen LogP contribution in [0, 0.1) is 0 Å². The van der Waals surface area contributed by atoms with Gasteiger partial charge in [-0.2, -0.15) is 0 Å². The summed E-state index contributed by atoms with van der Waals surface area (Å²) < 4.78 is 0. The van der Waals surface area contributed by atoms with E-state index < -0.39 is 5.97 Å². The smallest absolute Gasteiger partial charge is 0.303 e. The molecule has 0 aromatic carbocycles. The zero-order valence-electron chi connectivity index (χ0n) is 14.9. The first-order valence-corrected chi connectivity index (χ1v) is 8.90. The fraction of sp³-hybridized carbons (Fsp3) is 0.409. The van der Waals surface area contributed by atoms with Crippen LogP contribution in [0.1, 0.15) is 58.3 Å². The minimum absolute atomic E-state index is 0.256. The largest absolute Gasteiger partial charge is 0.481 e. The molecule has 0 saturated carbocycles. The van der Waals surface area contributed by atoms with Gasteiger partial charge in [0.25, 0.3) is 0 Å². The molecule has 0 rings (SSSR count). The van der Waals surface area contributed by atoms with E-state index in [1.807, 2.05) is 0 Å². The van der Waals surface area contributed by atoms with Gasteiger partial charge in [0, 0.05) is 6.42 Å². The van der Waals surface area contributed by atoms with Gasteiger partial charge in [-0.1, -0.05) is 79.8 Å². The lowest BCUT2D eigenvalue weighted by Gasteiger charge is -1.89. The van der Waals surface area contributed by atoms with Gasteiger partial charge in [-0.15, -0.1) is 0 Å². The lowest BCUT2D eigenvalue weighted by molar-refractivity contribution is -0.137. The Kier molecular flexibility index (Phi) is 17.3. The Balaban J connectivity index is 3.51. The molecule has 0 bridgehead atoms. The van der Waals surface area contributed by atoms with Crippen molar-refractivity contribution in [3.05, 3.63) is 72.9 Å². The summed E-state index contributed by atoms with van der Waals surface area (Å²) in [4.78, 5) is 10.3. The van der Waals surface area contributed by atoms with Crippen molar-refractivity contribution in [3.8, 4) is 0 Å². The summed E-state index contributed by atoms with van der Waals surface area (Å²) in [5.41, 5.74) is 0. The van der Waals surface area contributed by atoms with Crippen molar-refractivity contribution in [2.45, 2.75) is 58.3 Å². The van der Waals surface area contributed by atoms with E-state index in [4.69, 9.17) is 5.11 Å². The molecule has 0 aliphatic heterocycles. The molecule has 0 unspecified atom stereocenters. The Morgan fingerprint density at radius 1 is 0.708 bits per heavy atom. The monoisotopic (exact) mass is 328 g/mol. The highest BCUT2D eigenvalue weighted by molar-refractivity contribution is 5.66. The fourth-order valence-corrected chi connectivity index (χ4v) is 1.85. The summed E-state index contributed by atoms with van der Waals surface area (Å²) in [5, 5.41) is 8.51. The summed E-state index contributed by atoms with van der Waals surface area (Å²) in [6, 6.07) is 0. The Hall–Kier alpha value is -2.09. The zero-order valence-corrected chi connectivity index (χ0v) is 14.9. The van der Waals surface area contributed by atoms with Crippen LogP contribution in [0.15, 0.2) is 72.9 Å². The number of allylic oxidation sites excluding steroid dienone is 12. The van der Waals surface area contributed by atoms with Crippen LogP contribution in [0.3, 0.4) is 0 Å². The standard InChI is InChI=1S/C22H32O2/c1-2-3-4-5-6-7-8-9-10-11-12-13-14-15-16-17-18-19-20-21-22(23)24/h3-6,8-9,11-12,14-15,17-18H,2,7,10,13,16,19-21H2,1H3,(H,23,24). The summed E-state index contributed by atoms with van der Waals surface area (Å²) in [6.07, 6.45) is 32.4. The molecule has 0 fully saturated rings. The highest BCUT2D eigenvalue weighted by Gasteiger charge is 1.92. The van der Waals surface area contributed by atoms with E-state index in [1.54, 1.807) is 0 Å². The van der Waals surface area contributed by atoms with Crippen molar-refractivity contribution < 1.29 is 9.90 Å². The first-order valence-electron chi connectivity index (χ1n) is 8.90. The van der Waals surface area contributed by atoms with E-state index in [0.717, 1.165) is 44.9 Å². The highest BCUT2D eigenvalue weighted by Crippen LogP contribution is 1.99. The molecule has 132 valence electrons. The van der Waals surface area contributed by atoms with E-state index in [0.29, 0.717) is 0 Å². The molecule has 2 nitrogen and oxygen atoms in total. The molecule has 0 aromatic heterocycles. The Morgan fingerprint density at radius 2 is 1.17 bits per heavy atom. The number of carbonyl (C=O) groups is 1. The second-order valence-electron chi connectivity index (χ2n) is 5.38. The maximum absolute atomic E-state index is 10.3. The number of rotatable bonds is 14. The van der Waals surface area contributed by atoms with Gasteiger partial charge in [-0.3, -0.25) is 4.79 Å². The van der Waals surface area contributed by atoms with Crippen LogP contribution in [-0.4, -0.2) is 11.1 Å². The maximum Gasteiger partial charge on any atom is 0.303 e. The molecule has 2 heteroatoms. The fourth-order valence-electron chi connectivity index (χ4n) is 1.85. The topological polar surface area (TPSA) is 37.3 Å². The molecule has 1 N–H and O–H groups in total. The predicted octanol–water partition coefficient (Wildman–Crippen LogP) is 6.55. The molecule has 0 heterocycles. The molecule has 0 amide bonds. The molecule has 0 atom stereocenters. The van der Waals surface area contributed by atoms with Gasteiger partial charge >= 0.3 is 5.97 Å². The summed E-state index contributed by atoms with van der Waals surface area (Å²) in [5.74, 6) is -0.717. The van der Waals surface area contributed by atoms with Crippen molar-refractivity contribution in [1.29, 1.82) is 0 Å². The average Bonchev–Trinajstić information content (AvgIpc) is 2.56. The first kappa shape index (κ1) is 21.9. The second kappa shape index (κ2) is 19.0. The lowest BCUT2D eigenvalue weighted by Crippen LogP contribution is -1.92. The van der Waals surface area contributed by atoms with E-state index >= 15 is 0 Å². The molecular formula is C22H32O2. The number of unbranched alkanes of at least 4 members (excludes halogenated alkanes) is 1. The van der Waals surface area contributed by atoms with Gasteiger partial charge in [-0.25, -0.2) is 0 Å². The predicted molar refractivity (Wildman–Crippen MR) is 105 cm³/mol. The third kappa shape index (κ3) is 19.9. The number of hydrogen-bond donors (Lipinski definition) is 1. The van der Waals surface area contributed by atoms with Crippen molar-refractivity contribution >= 4 is 5.97 Å². The SMILES string of the molecule is CCC=CC=CCC=CCC=CCC=CCC=CCCCC(=O)O. The van der Waals surface area contributed by atoms with Crippen molar-refractivity contribution in [2.75, 3.05) is 0 Å². The van der Waals surface area contributed by atoms with Crippen LogP contribution in [-0.2, 0) is 4.79 Å². The first-order chi connectivity index (χ1) is 11.8. The molecular weight excluding hydrogens is 296 g/mol. The Morgan fingerprint density at radius 3 is 1.67 bits per heavy atom. The van der Waals surface area contributed by atoms with Crippen molar-refractivity contribution in [1.82, 2.24) is 0 Å². The van der Waals surface area contributed by atoms with Gasteiger partial charge < -0.3 is 5.11 Å². The van der Waals surface area contributed by atoms with Crippen LogP contribution in [0.4, 0.5) is 0 Å². The summed E-state index contributed by atoms with van der Waals surface area (Å²) in [6.45, 7) is 2.13. The normalized spacial score (nSPS) is 13.0. The highest BCUT2D eigenvalue weighted by atomic mass is 16.4. The van der Waals surface area contributed by atoms with Crippen LogP contribution >= 0.6 is 0 Å². The van der Waals surface area contributed by atoms with E-state index in [1.165, 1.54) is 0 Å².